The molecule has 2 aliphatic rings. The van der Waals surface area contributed by atoms with Gasteiger partial charge in [0.15, 0.2) is 5.78 Å². The second kappa shape index (κ2) is 10.9. The summed E-state index contributed by atoms with van der Waals surface area (Å²) in [5.74, 6) is 0.110. The van der Waals surface area contributed by atoms with Crippen LogP contribution in [0, 0.1) is 0 Å². The lowest BCUT2D eigenvalue weighted by Crippen LogP contribution is -2.64. The van der Waals surface area contributed by atoms with Crippen molar-refractivity contribution in [2.45, 2.75) is 23.9 Å². The van der Waals surface area contributed by atoms with Gasteiger partial charge >= 0.3 is 0 Å². The van der Waals surface area contributed by atoms with E-state index in [-0.39, 0.29) is 5.78 Å². The largest absolute Gasteiger partial charge is 0.295 e. The fraction of sp³-hybridized carbons (Fsp3) is 0.258. The van der Waals surface area contributed by atoms with E-state index in [4.69, 9.17) is 0 Å². The maximum absolute atomic E-state index is 14.6. The average Bonchev–Trinajstić information content (AvgIpc) is 2.91. The van der Waals surface area contributed by atoms with Crippen molar-refractivity contribution in [2.24, 2.45) is 9.98 Å². The Bertz CT molecular complexity index is 1150. The third kappa shape index (κ3) is 5.27. The van der Waals surface area contributed by atoms with Crippen molar-refractivity contribution in [3.05, 3.63) is 108 Å². The number of ketones is 1. The number of allylic oxidation sites excluding steroid dienone is 2. The van der Waals surface area contributed by atoms with Crippen LogP contribution in [-0.2, 0) is 4.79 Å². The molecule has 0 saturated heterocycles. The lowest BCUT2D eigenvalue weighted by molar-refractivity contribution is -0.135. The zero-order valence-corrected chi connectivity index (χ0v) is 21.5. The fourth-order valence-electron chi connectivity index (χ4n) is 4.70. The van der Waals surface area contributed by atoms with Gasteiger partial charge in [0.1, 0.15) is 11.1 Å². The number of aliphatic imine (C=N–C) groups is 2. The number of likely N-dealkylation sites (N-methyl/N-ethyl adjacent to an activating group) is 2. The van der Waals surface area contributed by atoms with E-state index < -0.39 is 11.1 Å². The molecule has 184 valence electrons. The molecule has 2 aromatic rings. The molecule has 0 fully saturated rings. The zero-order valence-electron chi connectivity index (χ0n) is 21.5. The topological polar surface area (TPSA) is 48.3 Å². The van der Waals surface area contributed by atoms with Crippen molar-refractivity contribution in [3.63, 3.8) is 0 Å². The summed E-state index contributed by atoms with van der Waals surface area (Å²) in [7, 11) is 7.86. The van der Waals surface area contributed by atoms with Gasteiger partial charge in [0, 0.05) is 36.7 Å². The SMILES string of the molecule is CN(C)C1(C(=O)C2(N(C)C)C=CN=C(C=Cc3ccccc3)C2)C=CN=C(C=Cc2ccccc2)C1. The molecular formula is C31H34N4O. The number of benzene rings is 2. The van der Waals surface area contributed by atoms with Gasteiger partial charge in [-0.15, -0.1) is 0 Å². The molecule has 2 unspecified atom stereocenters. The molecule has 0 N–H and O–H groups in total. The molecule has 2 aromatic carbocycles. The highest BCUT2D eigenvalue weighted by Crippen LogP contribution is 2.36. The van der Waals surface area contributed by atoms with Crippen LogP contribution in [0.3, 0.4) is 0 Å². The Morgan fingerprint density at radius 1 is 0.667 bits per heavy atom. The number of hydrogen-bond donors (Lipinski definition) is 0. The van der Waals surface area contributed by atoms with E-state index >= 15 is 0 Å². The Morgan fingerprint density at radius 2 is 1.06 bits per heavy atom. The van der Waals surface area contributed by atoms with Crippen molar-refractivity contribution < 1.29 is 4.79 Å². The molecule has 2 aliphatic heterocycles. The van der Waals surface area contributed by atoms with Crippen molar-refractivity contribution in [3.8, 4) is 0 Å². The Hall–Kier alpha value is -3.67. The number of nitrogens with zero attached hydrogens (tertiary/aromatic N) is 4. The second-order valence-electron chi connectivity index (χ2n) is 9.68. The highest BCUT2D eigenvalue weighted by Gasteiger charge is 2.52. The predicted molar refractivity (Wildman–Crippen MR) is 151 cm³/mol. The van der Waals surface area contributed by atoms with Gasteiger partial charge in [0.25, 0.3) is 0 Å². The minimum atomic E-state index is -0.835. The predicted octanol–water partition coefficient (Wildman–Crippen LogP) is 5.30. The summed E-state index contributed by atoms with van der Waals surface area (Å²) in [6.45, 7) is 0. The average molecular weight is 479 g/mol. The van der Waals surface area contributed by atoms with E-state index in [1.165, 1.54) is 0 Å². The van der Waals surface area contributed by atoms with E-state index in [9.17, 15) is 4.79 Å². The van der Waals surface area contributed by atoms with Gasteiger partial charge in [-0.3, -0.25) is 24.6 Å². The zero-order chi connectivity index (χ0) is 25.6. The number of carbonyl (C=O) groups excluding carboxylic acids is 1. The number of hydrogen-bond acceptors (Lipinski definition) is 5. The summed E-state index contributed by atoms with van der Waals surface area (Å²) >= 11 is 0. The van der Waals surface area contributed by atoms with Crippen LogP contribution < -0.4 is 0 Å². The van der Waals surface area contributed by atoms with E-state index in [1.54, 1.807) is 12.4 Å². The normalized spacial score (nSPS) is 24.1. The van der Waals surface area contributed by atoms with E-state index in [1.807, 2.05) is 111 Å². The number of Topliss-reactive ketones (excluding diaryl/α,β-unsaturated/α-hetero) is 1. The standard InChI is InChI=1S/C31H34N4O/c1-34(2)30(19-21-32-27(23-30)17-15-25-11-7-5-8-12-25)29(36)31(35(3)4)20-22-33-28(24-31)18-16-26-13-9-6-10-14-26/h5-22H,23-24H2,1-4H3. The molecule has 0 bridgehead atoms. The number of carbonyl (C=O) groups is 1. The molecule has 2 atom stereocenters. The van der Waals surface area contributed by atoms with Crippen molar-refractivity contribution in [1.29, 1.82) is 0 Å². The molecular weight excluding hydrogens is 444 g/mol. The number of rotatable bonds is 8. The first kappa shape index (κ1) is 25.4. The van der Waals surface area contributed by atoms with Crippen LogP contribution in [0.2, 0.25) is 0 Å². The van der Waals surface area contributed by atoms with Gasteiger partial charge in [-0.25, -0.2) is 0 Å². The van der Waals surface area contributed by atoms with Gasteiger partial charge in [-0.2, -0.15) is 0 Å². The van der Waals surface area contributed by atoms with E-state index in [0.29, 0.717) is 12.8 Å². The first-order valence-electron chi connectivity index (χ1n) is 12.2. The molecule has 0 aliphatic carbocycles. The highest BCUT2D eigenvalue weighted by atomic mass is 16.1. The van der Waals surface area contributed by atoms with E-state index in [2.05, 4.69) is 34.3 Å². The van der Waals surface area contributed by atoms with Crippen LogP contribution in [0.4, 0.5) is 0 Å². The summed E-state index contributed by atoms with van der Waals surface area (Å²) in [5, 5.41) is 0. The summed E-state index contributed by atoms with van der Waals surface area (Å²) in [6, 6.07) is 20.3. The van der Waals surface area contributed by atoms with Crippen LogP contribution in [0.5, 0.6) is 0 Å². The van der Waals surface area contributed by atoms with Gasteiger partial charge < -0.3 is 0 Å². The lowest BCUT2D eigenvalue weighted by atomic mass is 9.72. The molecule has 0 amide bonds. The molecule has 5 nitrogen and oxygen atoms in total. The van der Waals surface area contributed by atoms with E-state index in [0.717, 1.165) is 22.6 Å². The van der Waals surface area contributed by atoms with Gasteiger partial charge in [-0.05, 0) is 63.6 Å². The second-order valence-corrected chi connectivity index (χ2v) is 9.68. The summed E-state index contributed by atoms with van der Waals surface area (Å²) in [5.41, 5.74) is 2.27. The maximum atomic E-state index is 14.6. The third-order valence-electron chi connectivity index (χ3n) is 7.00. The van der Waals surface area contributed by atoms with Crippen LogP contribution in [0.25, 0.3) is 12.2 Å². The Balaban J connectivity index is 1.62. The summed E-state index contributed by atoms with van der Waals surface area (Å²) < 4.78 is 0. The minimum absolute atomic E-state index is 0.110. The molecule has 0 saturated carbocycles. The van der Waals surface area contributed by atoms with Crippen LogP contribution >= 0.6 is 0 Å². The van der Waals surface area contributed by atoms with Crippen molar-refractivity contribution in [1.82, 2.24) is 9.80 Å². The first-order valence-corrected chi connectivity index (χ1v) is 12.2. The molecule has 0 radical (unpaired) electrons. The van der Waals surface area contributed by atoms with Crippen LogP contribution in [0.1, 0.15) is 24.0 Å². The van der Waals surface area contributed by atoms with Crippen LogP contribution in [0.15, 0.2) is 107 Å². The van der Waals surface area contributed by atoms with Gasteiger partial charge in [-0.1, -0.05) is 72.8 Å². The third-order valence-corrected chi connectivity index (χ3v) is 7.00. The first-order chi connectivity index (χ1) is 17.4. The minimum Gasteiger partial charge on any atom is -0.295 e. The summed E-state index contributed by atoms with van der Waals surface area (Å²) in [4.78, 5) is 27.8. The molecule has 36 heavy (non-hydrogen) atoms. The quantitative estimate of drug-likeness (QED) is 0.517. The molecule has 0 spiro atoms. The Labute approximate surface area is 214 Å². The smallest absolute Gasteiger partial charge is 0.181 e. The Morgan fingerprint density at radius 3 is 1.42 bits per heavy atom. The van der Waals surface area contributed by atoms with Gasteiger partial charge in [0.2, 0.25) is 0 Å². The monoisotopic (exact) mass is 478 g/mol. The molecule has 4 rings (SSSR count). The molecule has 0 aromatic heterocycles. The van der Waals surface area contributed by atoms with Crippen molar-refractivity contribution in [2.75, 3.05) is 28.2 Å². The molecule has 2 heterocycles. The molecule has 5 heteroatoms. The van der Waals surface area contributed by atoms with Crippen molar-refractivity contribution >= 4 is 29.4 Å². The van der Waals surface area contributed by atoms with Gasteiger partial charge in [0.05, 0.1) is 0 Å². The summed E-state index contributed by atoms with van der Waals surface area (Å²) in [6.07, 6.45) is 16.5. The maximum Gasteiger partial charge on any atom is 0.181 e. The lowest BCUT2D eigenvalue weighted by Gasteiger charge is -2.47. The highest BCUT2D eigenvalue weighted by molar-refractivity contribution is 6.12. The Kier molecular flexibility index (Phi) is 7.73. The van der Waals surface area contributed by atoms with Crippen LogP contribution in [-0.4, -0.2) is 66.3 Å². The fourth-order valence-corrected chi connectivity index (χ4v) is 4.70.